The minimum absolute atomic E-state index is 0.343. The van der Waals surface area contributed by atoms with Gasteiger partial charge in [-0.1, -0.05) is 24.3 Å². The first-order chi connectivity index (χ1) is 11.8. The van der Waals surface area contributed by atoms with Gasteiger partial charge in [-0.3, -0.25) is 9.98 Å². The molecule has 2 fully saturated rings. The van der Waals surface area contributed by atoms with Gasteiger partial charge < -0.3 is 15.0 Å². The predicted molar refractivity (Wildman–Crippen MR) is 96.0 cm³/mol. The molecule has 1 atom stereocenters. The summed E-state index contributed by atoms with van der Waals surface area (Å²) >= 11 is 0. The Hall–Kier alpha value is -2.14. The highest BCUT2D eigenvalue weighted by Crippen LogP contribution is 2.38. The zero-order valence-corrected chi connectivity index (χ0v) is 14.2. The van der Waals surface area contributed by atoms with Crippen LogP contribution in [-0.4, -0.2) is 49.2 Å². The molecule has 2 aliphatic rings. The van der Waals surface area contributed by atoms with Crippen molar-refractivity contribution in [2.45, 2.75) is 19.4 Å². The number of hydrogen-bond acceptors (Lipinski definition) is 3. The van der Waals surface area contributed by atoms with Gasteiger partial charge in [0.05, 0.1) is 18.8 Å². The Morgan fingerprint density at radius 1 is 1.33 bits per heavy atom. The smallest absolute Gasteiger partial charge is 0.193 e. The molecular weight excluding hydrogens is 300 g/mol. The van der Waals surface area contributed by atoms with Crippen molar-refractivity contribution in [1.82, 2.24) is 15.2 Å². The van der Waals surface area contributed by atoms with E-state index in [0.717, 1.165) is 38.0 Å². The monoisotopic (exact) mass is 324 g/mol. The number of aliphatic imine (C=N–C) groups is 1. The fourth-order valence-electron chi connectivity index (χ4n) is 3.91. The van der Waals surface area contributed by atoms with Crippen LogP contribution in [-0.2, 0) is 11.3 Å². The summed E-state index contributed by atoms with van der Waals surface area (Å²) in [4.78, 5) is 11.4. The van der Waals surface area contributed by atoms with Gasteiger partial charge in [0.15, 0.2) is 5.96 Å². The van der Waals surface area contributed by atoms with E-state index in [4.69, 9.17) is 4.74 Å². The average molecular weight is 324 g/mol. The SMILES string of the molecule is CN=C(NCc1nccc2ccccc12)N1CCC2(CCOC2)C1. The Morgan fingerprint density at radius 3 is 3.08 bits per heavy atom. The quantitative estimate of drug-likeness (QED) is 0.681. The zero-order valence-electron chi connectivity index (χ0n) is 14.2. The van der Waals surface area contributed by atoms with E-state index in [2.05, 4.69) is 50.5 Å². The van der Waals surface area contributed by atoms with Crippen LogP contribution in [0.25, 0.3) is 10.8 Å². The molecule has 24 heavy (non-hydrogen) atoms. The molecule has 1 aromatic carbocycles. The maximum atomic E-state index is 5.62. The molecular formula is C19H24N4O. The topological polar surface area (TPSA) is 49.8 Å². The number of nitrogens with one attached hydrogen (secondary N) is 1. The normalized spacial score (nSPS) is 24.2. The third-order valence-electron chi connectivity index (χ3n) is 5.30. The number of guanidine groups is 1. The van der Waals surface area contributed by atoms with Crippen LogP contribution in [0.2, 0.25) is 0 Å². The lowest BCUT2D eigenvalue weighted by atomic mass is 9.87. The number of likely N-dealkylation sites (tertiary alicyclic amines) is 1. The molecule has 126 valence electrons. The molecule has 3 heterocycles. The highest BCUT2D eigenvalue weighted by Gasteiger charge is 2.42. The largest absolute Gasteiger partial charge is 0.381 e. The maximum Gasteiger partial charge on any atom is 0.193 e. The van der Waals surface area contributed by atoms with E-state index in [-0.39, 0.29) is 0 Å². The van der Waals surface area contributed by atoms with Crippen molar-refractivity contribution in [2.24, 2.45) is 10.4 Å². The molecule has 0 aliphatic carbocycles. The number of aromatic nitrogens is 1. The number of pyridine rings is 1. The van der Waals surface area contributed by atoms with Crippen molar-refractivity contribution in [3.8, 4) is 0 Å². The zero-order chi connectivity index (χ0) is 16.4. The molecule has 1 aromatic heterocycles. The average Bonchev–Trinajstić information content (AvgIpc) is 3.26. The molecule has 1 unspecified atom stereocenters. The van der Waals surface area contributed by atoms with Crippen LogP contribution in [0.3, 0.4) is 0 Å². The lowest BCUT2D eigenvalue weighted by Crippen LogP contribution is -2.41. The fourth-order valence-corrected chi connectivity index (χ4v) is 3.91. The molecule has 5 heteroatoms. The number of benzene rings is 1. The number of ether oxygens (including phenoxy) is 1. The van der Waals surface area contributed by atoms with Gasteiger partial charge in [0.2, 0.25) is 0 Å². The summed E-state index contributed by atoms with van der Waals surface area (Å²) < 4.78 is 5.62. The van der Waals surface area contributed by atoms with Crippen molar-refractivity contribution >= 4 is 16.7 Å². The molecule has 1 N–H and O–H groups in total. The van der Waals surface area contributed by atoms with Gasteiger partial charge in [0.25, 0.3) is 0 Å². The van der Waals surface area contributed by atoms with Gasteiger partial charge in [0.1, 0.15) is 0 Å². The van der Waals surface area contributed by atoms with Crippen LogP contribution in [0.4, 0.5) is 0 Å². The standard InChI is InChI=1S/C19H24N4O/c1-20-18(23-10-7-19(13-23)8-11-24-14-19)22-12-17-16-5-3-2-4-15(16)6-9-21-17/h2-6,9H,7-8,10-14H2,1H3,(H,20,22). The lowest BCUT2D eigenvalue weighted by Gasteiger charge is -2.25. The molecule has 0 saturated carbocycles. The van der Waals surface area contributed by atoms with Crippen molar-refractivity contribution in [3.05, 3.63) is 42.2 Å². The van der Waals surface area contributed by atoms with Crippen LogP contribution in [0, 0.1) is 5.41 Å². The van der Waals surface area contributed by atoms with Crippen LogP contribution in [0.5, 0.6) is 0 Å². The van der Waals surface area contributed by atoms with E-state index in [9.17, 15) is 0 Å². The second-order valence-corrected chi connectivity index (χ2v) is 6.85. The minimum atomic E-state index is 0.343. The lowest BCUT2D eigenvalue weighted by molar-refractivity contribution is 0.156. The first kappa shape index (κ1) is 15.4. The molecule has 5 nitrogen and oxygen atoms in total. The molecule has 0 amide bonds. The number of fused-ring (bicyclic) bond motifs is 1. The maximum absolute atomic E-state index is 5.62. The Morgan fingerprint density at radius 2 is 2.25 bits per heavy atom. The summed E-state index contributed by atoms with van der Waals surface area (Å²) in [6.45, 7) is 4.57. The summed E-state index contributed by atoms with van der Waals surface area (Å²) in [5.74, 6) is 0.966. The second kappa shape index (κ2) is 6.40. The van der Waals surface area contributed by atoms with Crippen LogP contribution >= 0.6 is 0 Å². The van der Waals surface area contributed by atoms with Crippen molar-refractivity contribution in [1.29, 1.82) is 0 Å². The van der Waals surface area contributed by atoms with Gasteiger partial charge >= 0.3 is 0 Å². The molecule has 2 saturated heterocycles. The predicted octanol–water partition coefficient (Wildman–Crippen LogP) is 2.42. The molecule has 0 bridgehead atoms. The highest BCUT2D eigenvalue weighted by molar-refractivity contribution is 5.85. The first-order valence-electron chi connectivity index (χ1n) is 8.66. The van der Waals surface area contributed by atoms with Gasteiger partial charge in [-0.25, -0.2) is 0 Å². The second-order valence-electron chi connectivity index (χ2n) is 6.85. The summed E-state index contributed by atoms with van der Waals surface area (Å²) in [5.41, 5.74) is 1.40. The van der Waals surface area contributed by atoms with E-state index in [0.29, 0.717) is 12.0 Å². The van der Waals surface area contributed by atoms with Gasteiger partial charge in [-0.15, -0.1) is 0 Å². The summed E-state index contributed by atoms with van der Waals surface area (Å²) in [6.07, 6.45) is 4.24. The van der Waals surface area contributed by atoms with E-state index < -0.39 is 0 Å². The highest BCUT2D eigenvalue weighted by atomic mass is 16.5. The Labute approximate surface area is 142 Å². The molecule has 1 spiro atoms. The van der Waals surface area contributed by atoms with Crippen LogP contribution in [0.1, 0.15) is 18.5 Å². The van der Waals surface area contributed by atoms with Crippen molar-refractivity contribution in [3.63, 3.8) is 0 Å². The molecule has 2 aromatic rings. The Balaban J connectivity index is 1.46. The van der Waals surface area contributed by atoms with Crippen LogP contribution in [0.15, 0.2) is 41.5 Å². The third kappa shape index (κ3) is 2.84. The van der Waals surface area contributed by atoms with Gasteiger partial charge in [-0.05, 0) is 24.3 Å². The Bertz CT molecular complexity index is 747. The summed E-state index contributed by atoms with van der Waals surface area (Å²) in [5, 5.41) is 5.92. The van der Waals surface area contributed by atoms with Crippen molar-refractivity contribution in [2.75, 3.05) is 33.4 Å². The number of nitrogens with zero attached hydrogens (tertiary/aromatic N) is 3. The molecule has 2 aliphatic heterocycles. The first-order valence-corrected chi connectivity index (χ1v) is 8.66. The summed E-state index contributed by atoms with van der Waals surface area (Å²) in [7, 11) is 1.86. The number of hydrogen-bond donors (Lipinski definition) is 1. The van der Waals surface area contributed by atoms with Gasteiger partial charge in [-0.2, -0.15) is 0 Å². The van der Waals surface area contributed by atoms with E-state index in [1.165, 1.54) is 23.6 Å². The molecule has 4 rings (SSSR count). The molecule has 0 radical (unpaired) electrons. The van der Waals surface area contributed by atoms with E-state index >= 15 is 0 Å². The summed E-state index contributed by atoms with van der Waals surface area (Å²) in [6, 6.07) is 10.4. The van der Waals surface area contributed by atoms with Crippen molar-refractivity contribution < 1.29 is 4.74 Å². The van der Waals surface area contributed by atoms with Gasteiger partial charge in [0, 0.05) is 43.7 Å². The van der Waals surface area contributed by atoms with E-state index in [1.807, 2.05) is 13.2 Å². The van der Waals surface area contributed by atoms with E-state index in [1.54, 1.807) is 0 Å². The Kier molecular flexibility index (Phi) is 4.10. The third-order valence-corrected chi connectivity index (χ3v) is 5.30. The minimum Gasteiger partial charge on any atom is -0.381 e. The number of rotatable bonds is 2. The fraction of sp³-hybridized carbons (Fsp3) is 0.474. The van der Waals surface area contributed by atoms with Crippen LogP contribution < -0.4 is 5.32 Å².